The Hall–Kier alpha value is -2.31. The number of hydrogen-bond donors (Lipinski definition) is 2. The molecule has 0 saturated heterocycles. The van der Waals surface area contributed by atoms with E-state index in [9.17, 15) is 9.59 Å². The van der Waals surface area contributed by atoms with Gasteiger partial charge in [0.15, 0.2) is 0 Å². The highest BCUT2D eigenvalue weighted by molar-refractivity contribution is 5.73. The molecule has 1 saturated carbocycles. The first-order chi connectivity index (χ1) is 11.3. The molecule has 130 valence electrons. The molecule has 0 unspecified atom stereocenters. The van der Waals surface area contributed by atoms with Crippen molar-refractivity contribution in [3.05, 3.63) is 28.9 Å². The summed E-state index contributed by atoms with van der Waals surface area (Å²) in [5.41, 5.74) is 1.06. The maximum absolute atomic E-state index is 12.2. The molecule has 2 aromatic heterocycles. The Labute approximate surface area is 140 Å². The number of ether oxygens (including phenoxy) is 1. The number of alkyl carbamates (subject to hydrolysis) is 1. The van der Waals surface area contributed by atoms with Crippen molar-refractivity contribution in [1.29, 1.82) is 0 Å². The lowest BCUT2D eigenvalue weighted by molar-refractivity contribution is 0.0488. The van der Waals surface area contributed by atoms with E-state index in [1.807, 2.05) is 31.4 Å². The van der Waals surface area contributed by atoms with Crippen LogP contribution in [-0.4, -0.2) is 32.3 Å². The van der Waals surface area contributed by atoms with E-state index in [4.69, 9.17) is 4.74 Å². The highest BCUT2D eigenvalue weighted by Gasteiger charge is 2.27. The van der Waals surface area contributed by atoms with Gasteiger partial charge in [0, 0.05) is 18.3 Å². The molecule has 0 spiro atoms. The third-order valence-corrected chi connectivity index (χ3v) is 4.30. The van der Waals surface area contributed by atoms with Crippen LogP contribution in [0.1, 0.15) is 52.5 Å². The number of imidazole rings is 1. The van der Waals surface area contributed by atoms with Gasteiger partial charge in [-0.1, -0.05) is 0 Å². The Kier molecular flexibility index (Phi) is 4.34. The summed E-state index contributed by atoms with van der Waals surface area (Å²) in [5.74, 6) is 0. The van der Waals surface area contributed by atoms with Gasteiger partial charge in [0.05, 0.1) is 17.2 Å². The fourth-order valence-corrected chi connectivity index (χ4v) is 3.29. The number of hydrogen-bond acceptors (Lipinski definition) is 4. The number of amides is 1. The molecule has 7 nitrogen and oxygen atoms in total. The molecule has 2 aromatic rings. The third kappa shape index (κ3) is 3.60. The number of aromatic nitrogens is 3. The standard InChI is InChI=1S/C17H24N4O3/c1-17(2,3)24-16(23)19-11-4-6-12(7-5-11)21-14-8-9-18-10-13(14)20-15(21)22/h8-12H,4-7H2,1-3H3,(H,19,23)(H,20,22)/t11-,12-. The summed E-state index contributed by atoms with van der Waals surface area (Å²) in [5, 5.41) is 2.93. The van der Waals surface area contributed by atoms with E-state index in [-0.39, 0.29) is 23.9 Å². The number of aromatic amines is 1. The third-order valence-electron chi connectivity index (χ3n) is 4.30. The van der Waals surface area contributed by atoms with E-state index < -0.39 is 5.60 Å². The summed E-state index contributed by atoms with van der Waals surface area (Å²) in [4.78, 5) is 31.0. The van der Waals surface area contributed by atoms with Crippen LogP contribution in [-0.2, 0) is 4.74 Å². The number of nitrogens with zero attached hydrogens (tertiary/aromatic N) is 2. The molecule has 1 fully saturated rings. The van der Waals surface area contributed by atoms with Crippen LogP contribution in [0.4, 0.5) is 4.79 Å². The lowest BCUT2D eigenvalue weighted by Gasteiger charge is -2.30. The van der Waals surface area contributed by atoms with Crippen LogP contribution < -0.4 is 11.0 Å². The molecule has 3 rings (SSSR count). The Morgan fingerprint density at radius 2 is 2.04 bits per heavy atom. The maximum Gasteiger partial charge on any atom is 0.407 e. The first-order valence-corrected chi connectivity index (χ1v) is 8.37. The minimum absolute atomic E-state index is 0.0958. The zero-order chi connectivity index (χ0) is 17.3. The number of carbonyl (C=O) groups is 1. The first-order valence-electron chi connectivity index (χ1n) is 8.37. The fourth-order valence-electron chi connectivity index (χ4n) is 3.29. The molecule has 1 aliphatic rings. The Balaban J connectivity index is 1.64. The summed E-state index contributed by atoms with van der Waals surface area (Å²) in [6.45, 7) is 5.55. The smallest absolute Gasteiger partial charge is 0.407 e. The number of rotatable bonds is 2. The van der Waals surface area contributed by atoms with E-state index in [0.29, 0.717) is 0 Å². The van der Waals surface area contributed by atoms with Gasteiger partial charge in [-0.25, -0.2) is 9.59 Å². The molecular weight excluding hydrogens is 308 g/mol. The van der Waals surface area contributed by atoms with Crippen LogP contribution >= 0.6 is 0 Å². The lowest BCUT2D eigenvalue weighted by Crippen LogP contribution is -2.41. The van der Waals surface area contributed by atoms with Crippen molar-refractivity contribution in [1.82, 2.24) is 19.9 Å². The fraction of sp³-hybridized carbons (Fsp3) is 0.588. The van der Waals surface area contributed by atoms with Gasteiger partial charge >= 0.3 is 11.8 Å². The molecule has 0 atom stereocenters. The quantitative estimate of drug-likeness (QED) is 0.885. The topological polar surface area (TPSA) is 89.0 Å². The van der Waals surface area contributed by atoms with E-state index >= 15 is 0 Å². The molecular formula is C17H24N4O3. The van der Waals surface area contributed by atoms with Gasteiger partial charge in [-0.3, -0.25) is 9.55 Å². The Bertz CT molecular complexity index is 779. The zero-order valence-electron chi connectivity index (χ0n) is 14.3. The second-order valence-corrected chi connectivity index (χ2v) is 7.34. The average molecular weight is 332 g/mol. The van der Waals surface area contributed by atoms with Crippen LogP contribution in [0.15, 0.2) is 23.3 Å². The van der Waals surface area contributed by atoms with Crippen molar-refractivity contribution in [3.63, 3.8) is 0 Å². The van der Waals surface area contributed by atoms with Gasteiger partial charge in [0.25, 0.3) is 0 Å². The lowest BCUT2D eigenvalue weighted by atomic mass is 9.91. The van der Waals surface area contributed by atoms with Crippen LogP contribution in [0, 0.1) is 0 Å². The van der Waals surface area contributed by atoms with E-state index in [2.05, 4.69) is 15.3 Å². The average Bonchev–Trinajstić information content (AvgIpc) is 2.82. The molecule has 24 heavy (non-hydrogen) atoms. The molecule has 1 aliphatic carbocycles. The summed E-state index contributed by atoms with van der Waals surface area (Å²) in [6, 6.07) is 2.10. The summed E-state index contributed by atoms with van der Waals surface area (Å²) >= 11 is 0. The van der Waals surface area contributed by atoms with Crippen LogP contribution in [0.3, 0.4) is 0 Å². The molecule has 1 amide bonds. The normalized spacial score (nSPS) is 21.6. The number of H-pyrrole nitrogens is 1. The Morgan fingerprint density at radius 1 is 1.33 bits per heavy atom. The molecule has 0 radical (unpaired) electrons. The van der Waals surface area contributed by atoms with Crippen LogP contribution in [0.2, 0.25) is 0 Å². The van der Waals surface area contributed by atoms with Gasteiger partial charge < -0.3 is 15.0 Å². The van der Waals surface area contributed by atoms with E-state index in [1.54, 1.807) is 12.4 Å². The first kappa shape index (κ1) is 16.5. The minimum Gasteiger partial charge on any atom is -0.444 e. The molecule has 2 heterocycles. The van der Waals surface area contributed by atoms with Gasteiger partial charge in [-0.05, 0) is 52.5 Å². The highest BCUT2D eigenvalue weighted by Crippen LogP contribution is 2.29. The van der Waals surface area contributed by atoms with Crippen molar-refractivity contribution in [2.75, 3.05) is 0 Å². The number of pyridine rings is 1. The second kappa shape index (κ2) is 6.30. The molecule has 0 aliphatic heterocycles. The summed E-state index contributed by atoms with van der Waals surface area (Å²) < 4.78 is 7.12. The molecule has 2 N–H and O–H groups in total. The van der Waals surface area contributed by atoms with E-state index in [0.717, 1.165) is 36.7 Å². The van der Waals surface area contributed by atoms with E-state index in [1.165, 1.54) is 0 Å². The van der Waals surface area contributed by atoms with Gasteiger partial charge in [0.1, 0.15) is 5.60 Å². The van der Waals surface area contributed by atoms with Crippen molar-refractivity contribution in [2.24, 2.45) is 0 Å². The van der Waals surface area contributed by atoms with Crippen molar-refractivity contribution in [3.8, 4) is 0 Å². The highest BCUT2D eigenvalue weighted by atomic mass is 16.6. The molecule has 0 aromatic carbocycles. The van der Waals surface area contributed by atoms with Crippen molar-refractivity contribution >= 4 is 17.1 Å². The van der Waals surface area contributed by atoms with Crippen molar-refractivity contribution < 1.29 is 9.53 Å². The molecule has 0 bridgehead atoms. The van der Waals surface area contributed by atoms with Gasteiger partial charge in [-0.2, -0.15) is 0 Å². The second-order valence-electron chi connectivity index (χ2n) is 7.34. The van der Waals surface area contributed by atoms with Crippen LogP contribution in [0.25, 0.3) is 11.0 Å². The largest absolute Gasteiger partial charge is 0.444 e. The predicted molar refractivity (Wildman–Crippen MR) is 91.0 cm³/mol. The number of carbonyl (C=O) groups excluding carboxylic acids is 1. The Morgan fingerprint density at radius 3 is 2.71 bits per heavy atom. The number of fused-ring (bicyclic) bond motifs is 1. The SMILES string of the molecule is CC(C)(C)OC(=O)N[C@H]1CC[C@H](n2c(=O)[nH]c3cnccc32)CC1. The zero-order valence-corrected chi connectivity index (χ0v) is 14.3. The molecule has 7 heteroatoms. The number of nitrogens with one attached hydrogen (secondary N) is 2. The van der Waals surface area contributed by atoms with Gasteiger partial charge in [0.2, 0.25) is 0 Å². The monoisotopic (exact) mass is 332 g/mol. The predicted octanol–water partition coefficient (Wildman–Crippen LogP) is 2.73. The van der Waals surface area contributed by atoms with Crippen LogP contribution in [0.5, 0.6) is 0 Å². The van der Waals surface area contributed by atoms with Gasteiger partial charge in [-0.15, -0.1) is 0 Å². The summed E-state index contributed by atoms with van der Waals surface area (Å²) in [7, 11) is 0. The van der Waals surface area contributed by atoms with Crippen molar-refractivity contribution in [2.45, 2.75) is 64.1 Å². The summed E-state index contributed by atoms with van der Waals surface area (Å²) in [6.07, 6.45) is 6.33. The maximum atomic E-state index is 12.2. The minimum atomic E-state index is -0.493.